The van der Waals surface area contributed by atoms with Crippen LogP contribution >= 0.6 is 11.5 Å². The Hall–Kier alpha value is -1.35. The summed E-state index contributed by atoms with van der Waals surface area (Å²) in [4.78, 5) is 3.76. The van der Waals surface area contributed by atoms with Crippen LogP contribution in [0.15, 0.2) is 30.4 Å². The van der Waals surface area contributed by atoms with Gasteiger partial charge in [-0.05, 0) is 17.6 Å². The van der Waals surface area contributed by atoms with Crippen LogP contribution in [0, 0.1) is 0 Å². The third-order valence-electron chi connectivity index (χ3n) is 1.77. The zero-order valence-electron chi connectivity index (χ0n) is 9.93. The molecule has 12 heavy (non-hydrogen) atoms. The van der Waals surface area contributed by atoms with Crippen LogP contribution in [0.2, 0.25) is 0 Å². The van der Waals surface area contributed by atoms with Crippen molar-refractivity contribution < 1.29 is 5.48 Å². The lowest BCUT2D eigenvalue weighted by atomic mass is 10.2. The Labute approximate surface area is 78.6 Å². The van der Waals surface area contributed by atoms with Gasteiger partial charge in [-0.25, -0.2) is 0 Å². The van der Waals surface area contributed by atoms with Gasteiger partial charge in [0.05, 0.1) is 11.7 Å². The summed E-state index contributed by atoms with van der Waals surface area (Å²) in [6, 6.07) is -0.453. The number of hydrogen-bond acceptors (Lipinski definition) is 2. The smallest absolute Gasteiger partial charge is 0.121 e. The van der Waals surface area contributed by atoms with E-state index in [1.165, 1.54) is 11.5 Å². The van der Waals surface area contributed by atoms with E-state index in [-0.39, 0.29) is 24.2 Å². The first-order valence-electron chi connectivity index (χ1n) is 5.43. The molecule has 58 valence electrons. The van der Waals surface area contributed by atoms with Gasteiger partial charge in [-0.3, -0.25) is 0 Å². The third-order valence-corrected chi connectivity index (χ3v) is 2.48. The number of nitrogens with zero attached hydrogens (tertiary/aromatic N) is 1. The summed E-state index contributed by atoms with van der Waals surface area (Å²) < 4.78 is 34.8. The fraction of sp³-hybridized carbons (Fsp3) is 0. The fourth-order valence-electron chi connectivity index (χ4n) is 1.23. The number of aromatic amines is 1. The first-order chi connectivity index (χ1) is 7.61. The number of benzene rings is 1. The van der Waals surface area contributed by atoms with Gasteiger partial charge in [-0.1, -0.05) is 18.1 Å². The van der Waals surface area contributed by atoms with E-state index in [0.717, 1.165) is 10.2 Å². The summed E-state index contributed by atoms with van der Waals surface area (Å²) in [5, 5.41) is 1.28. The van der Waals surface area contributed by atoms with Crippen LogP contribution in [0.1, 0.15) is 5.48 Å². The minimum absolute atomic E-state index is 0.0116. The van der Waals surface area contributed by atoms with Crippen LogP contribution in [0.25, 0.3) is 21.1 Å². The molecule has 0 aliphatic heterocycles. The zero-order valence-corrected chi connectivity index (χ0v) is 6.75. The molecule has 0 radical (unpaired) electrons. The molecule has 0 fully saturated rings. The van der Waals surface area contributed by atoms with Crippen molar-refractivity contribution in [2.24, 2.45) is 0 Å². The van der Waals surface area contributed by atoms with E-state index in [9.17, 15) is 0 Å². The molecule has 0 saturated carbocycles. The number of nitrogens with one attached hydrogen (secondary N) is 1. The maximum absolute atomic E-state index is 7.83. The molecule has 0 aliphatic carbocycles. The minimum Gasteiger partial charge on any atom is -0.345 e. The van der Waals surface area contributed by atoms with E-state index >= 15 is 0 Å². The number of fused-ring (bicyclic) bond motifs is 3. The van der Waals surface area contributed by atoms with Crippen LogP contribution in [0.5, 0.6) is 0 Å². The summed E-state index contributed by atoms with van der Waals surface area (Å²) >= 11 is 1.25. The van der Waals surface area contributed by atoms with Crippen molar-refractivity contribution in [2.75, 3.05) is 0 Å². The van der Waals surface area contributed by atoms with Crippen molar-refractivity contribution in [3.05, 3.63) is 30.4 Å². The van der Waals surface area contributed by atoms with Gasteiger partial charge in [0.2, 0.25) is 0 Å². The number of hydrogen-bond donors (Lipinski definition) is 1. The highest BCUT2D eigenvalue weighted by Crippen LogP contribution is 2.26. The van der Waals surface area contributed by atoms with Gasteiger partial charge < -0.3 is 4.98 Å². The molecule has 3 aromatic rings. The number of para-hydroxylation sites is 1. The second kappa shape index (κ2) is 2.08. The molecule has 0 spiro atoms. The van der Waals surface area contributed by atoms with Crippen molar-refractivity contribution in [3.63, 3.8) is 0 Å². The summed E-state index contributed by atoms with van der Waals surface area (Å²) in [5.41, 5.74) is 0.453. The average molecular weight is 178 g/mol. The van der Waals surface area contributed by atoms with Crippen molar-refractivity contribution in [1.82, 2.24) is 9.36 Å². The van der Waals surface area contributed by atoms with E-state index in [0.29, 0.717) is 10.9 Å². The van der Waals surface area contributed by atoms with E-state index in [4.69, 9.17) is 5.48 Å². The predicted octanol–water partition coefficient (Wildman–Crippen LogP) is 2.78. The summed E-state index contributed by atoms with van der Waals surface area (Å²) in [6.07, 6.45) is 1.62. The third kappa shape index (κ3) is 0.662. The zero-order chi connectivity index (χ0) is 11.4. The van der Waals surface area contributed by atoms with Crippen molar-refractivity contribution >= 4 is 32.7 Å². The van der Waals surface area contributed by atoms with E-state index < -0.39 is 0 Å². The Kier molecular flexibility index (Phi) is 0.619. The van der Waals surface area contributed by atoms with E-state index in [1.54, 1.807) is 6.20 Å². The van der Waals surface area contributed by atoms with Crippen LogP contribution in [-0.4, -0.2) is 9.36 Å². The molecule has 0 aliphatic rings. The van der Waals surface area contributed by atoms with E-state index in [1.807, 2.05) is 0 Å². The summed E-state index contributed by atoms with van der Waals surface area (Å²) in [5.74, 6) is 0. The Morgan fingerprint density at radius 2 is 2.25 bits per heavy atom. The Morgan fingerprint density at radius 1 is 1.33 bits per heavy atom. The molecule has 3 heteroatoms. The molecule has 0 unspecified atom stereocenters. The van der Waals surface area contributed by atoms with Gasteiger partial charge in [0, 0.05) is 16.3 Å². The molecule has 2 heterocycles. The molecule has 0 bridgehead atoms. The highest BCUT2D eigenvalue weighted by molar-refractivity contribution is 7.13. The molecule has 1 aromatic carbocycles. The molecule has 0 saturated heterocycles. The largest absolute Gasteiger partial charge is 0.345 e. The average Bonchev–Trinajstić information content (AvgIpc) is 2.82. The van der Waals surface area contributed by atoms with Crippen LogP contribution in [0.3, 0.4) is 0 Å². The SMILES string of the molecule is [2H]c1c([2H])c([2H])c2c([nH]c3sncc32)c1[2H]. The lowest BCUT2D eigenvalue weighted by Crippen LogP contribution is -1.64. The fourth-order valence-corrected chi connectivity index (χ4v) is 1.89. The highest BCUT2D eigenvalue weighted by atomic mass is 32.1. The molecule has 0 amide bonds. The lowest BCUT2D eigenvalue weighted by molar-refractivity contribution is 1.58. The van der Waals surface area contributed by atoms with Gasteiger partial charge in [-0.15, -0.1) is 0 Å². The Morgan fingerprint density at radius 3 is 3.25 bits per heavy atom. The van der Waals surface area contributed by atoms with Crippen LogP contribution in [-0.2, 0) is 0 Å². The van der Waals surface area contributed by atoms with Crippen LogP contribution in [0.4, 0.5) is 0 Å². The number of H-pyrrole nitrogens is 1. The minimum atomic E-state index is -0.209. The van der Waals surface area contributed by atoms with Crippen molar-refractivity contribution in [2.45, 2.75) is 0 Å². The second-order valence-corrected chi connectivity index (χ2v) is 3.25. The second-order valence-electron chi connectivity index (χ2n) is 2.44. The van der Waals surface area contributed by atoms with Gasteiger partial charge in [0.1, 0.15) is 4.83 Å². The summed E-state index contributed by atoms with van der Waals surface area (Å²) in [6.45, 7) is 0. The Bertz CT molecular complexity index is 715. The predicted molar refractivity (Wildman–Crippen MR) is 51.5 cm³/mol. The van der Waals surface area contributed by atoms with Gasteiger partial charge in [-0.2, -0.15) is 4.37 Å². The maximum Gasteiger partial charge on any atom is 0.121 e. The highest BCUT2D eigenvalue weighted by Gasteiger charge is 2.03. The van der Waals surface area contributed by atoms with Crippen molar-refractivity contribution in [3.8, 4) is 0 Å². The number of aromatic nitrogens is 2. The standard InChI is InChI=1S/C9H6N2S/c1-2-4-8-6(3-1)7-5-10-12-9(7)11-8/h1-5,11H/i1D,2D,3D,4D. The Balaban J connectivity index is 2.67. The topological polar surface area (TPSA) is 28.7 Å². The molecule has 2 aromatic heterocycles. The molecule has 3 rings (SSSR count). The monoisotopic (exact) mass is 178 g/mol. The quantitative estimate of drug-likeness (QED) is 0.563. The first kappa shape index (κ1) is 3.58. The van der Waals surface area contributed by atoms with Crippen LogP contribution < -0.4 is 0 Å². The van der Waals surface area contributed by atoms with E-state index in [2.05, 4.69) is 9.36 Å². The maximum atomic E-state index is 7.83. The molecular formula is C9H6N2S. The lowest BCUT2D eigenvalue weighted by Gasteiger charge is -1.85. The van der Waals surface area contributed by atoms with Gasteiger partial charge >= 0.3 is 0 Å². The molecule has 1 N–H and O–H groups in total. The number of rotatable bonds is 0. The van der Waals surface area contributed by atoms with Crippen molar-refractivity contribution in [1.29, 1.82) is 0 Å². The molecule has 0 atom stereocenters. The molecular weight excluding hydrogens is 168 g/mol. The van der Waals surface area contributed by atoms with Gasteiger partial charge in [0.15, 0.2) is 0 Å². The first-order valence-corrected chi connectivity index (χ1v) is 4.21. The summed E-state index contributed by atoms with van der Waals surface area (Å²) in [7, 11) is 0. The normalized spacial score (nSPS) is 16.0. The van der Waals surface area contributed by atoms with Gasteiger partial charge in [0.25, 0.3) is 0 Å². The molecule has 2 nitrogen and oxygen atoms in total.